The number of hydrogen-bond acceptors (Lipinski definition) is 4. The highest BCUT2D eigenvalue weighted by Gasteiger charge is 2.15. The first kappa shape index (κ1) is 18.0. The Kier molecular flexibility index (Phi) is 5.54. The van der Waals surface area contributed by atoms with E-state index in [4.69, 9.17) is 9.47 Å². The molecule has 0 aromatic heterocycles. The molecule has 1 N–H and O–H groups in total. The first-order valence-corrected chi connectivity index (χ1v) is 8.67. The summed E-state index contributed by atoms with van der Waals surface area (Å²) >= 11 is 0. The van der Waals surface area contributed by atoms with Crippen LogP contribution in [0.25, 0.3) is 21.5 Å². The first-order chi connectivity index (χ1) is 12.7. The molecule has 4 nitrogen and oxygen atoms in total. The standard InChI is InChI=1S/C22H22O4/c1-3-15-9-10-17-12-16-7-5-6-8-19(16)22(20(17)11-15)25-14-18(13-23)26-21(24)4-2/h4-12,18,23H,2-3,13-14H2,1H3. The quantitative estimate of drug-likeness (QED) is 0.397. The Balaban J connectivity index is 2.03. The molecule has 1 atom stereocenters. The second-order valence-electron chi connectivity index (χ2n) is 6.09. The van der Waals surface area contributed by atoms with Gasteiger partial charge in [0.15, 0.2) is 6.10 Å². The minimum absolute atomic E-state index is 0.0650. The van der Waals surface area contributed by atoms with Gasteiger partial charge in [0.1, 0.15) is 12.4 Å². The van der Waals surface area contributed by atoms with Crippen molar-refractivity contribution in [3.63, 3.8) is 0 Å². The number of esters is 1. The summed E-state index contributed by atoms with van der Waals surface area (Å²) in [7, 11) is 0. The molecule has 134 valence electrons. The maximum atomic E-state index is 11.4. The van der Waals surface area contributed by atoms with Crippen LogP contribution >= 0.6 is 0 Å². The molecule has 3 rings (SSSR count). The molecule has 26 heavy (non-hydrogen) atoms. The van der Waals surface area contributed by atoms with Crippen LogP contribution in [0.15, 0.2) is 61.2 Å². The predicted octanol–water partition coefficient (Wildman–Crippen LogP) is 4.02. The minimum atomic E-state index is -0.746. The van der Waals surface area contributed by atoms with Gasteiger partial charge in [-0.3, -0.25) is 0 Å². The monoisotopic (exact) mass is 350 g/mol. The maximum absolute atomic E-state index is 11.4. The Morgan fingerprint density at radius 1 is 1.15 bits per heavy atom. The number of rotatable bonds is 7. The Hall–Kier alpha value is -2.85. The SMILES string of the molecule is C=CC(=O)OC(CO)COc1c2ccccc2cc2ccc(CC)cc12. The molecule has 0 spiro atoms. The van der Waals surface area contributed by atoms with Gasteiger partial charge in [-0.05, 0) is 34.9 Å². The molecule has 0 radical (unpaired) electrons. The van der Waals surface area contributed by atoms with Crippen LogP contribution in [0.3, 0.4) is 0 Å². The largest absolute Gasteiger partial charge is 0.488 e. The fourth-order valence-electron chi connectivity index (χ4n) is 2.96. The summed E-state index contributed by atoms with van der Waals surface area (Å²) in [5.74, 6) is 0.158. The fourth-order valence-corrected chi connectivity index (χ4v) is 2.96. The molecule has 3 aromatic rings. The number of aliphatic hydroxyl groups is 1. The average molecular weight is 350 g/mol. The van der Waals surface area contributed by atoms with Gasteiger partial charge >= 0.3 is 5.97 Å². The smallest absolute Gasteiger partial charge is 0.330 e. The molecule has 3 aromatic carbocycles. The number of hydrogen-bond donors (Lipinski definition) is 1. The highest BCUT2D eigenvalue weighted by Crippen LogP contribution is 2.35. The Bertz CT molecular complexity index is 945. The van der Waals surface area contributed by atoms with Crippen molar-refractivity contribution in [2.24, 2.45) is 0 Å². The predicted molar refractivity (Wildman–Crippen MR) is 103 cm³/mol. The zero-order chi connectivity index (χ0) is 18.5. The molecule has 0 aliphatic rings. The van der Waals surface area contributed by atoms with E-state index in [9.17, 15) is 9.90 Å². The lowest BCUT2D eigenvalue weighted by atomic mass is 9.99. The Morgan fingerprint density at radius 2 is 1.92 bits per heavy atom. The zero-order valence-electron chi connectivity index (χ0n) is 14.8. The van der Waals surface area contributed by atoms with Crippen LogP contribution in [0.1, 0.15) is 12.5 Å². The number of carbonyl (C=O) groups excluding carboxylic acids is 1. The number of fused-ring (bicyclic) bond motifs is 2. The minimum Gasteiger partial charge on any atom is -0.488 e. The van der Waals surface area contributed by atoms with Crippen molar-refractivity contribution in [2.75, 3.05) is 13.2 Å². The normalized spacial score (nSPS) is 12.1. The van der Waals surface area contributed by atoms with Crippen molar-refractivity contribution in [3.05, 3.63) is 66.7 Å². The third-order valence-corrected chi connectivity index (χ3v) is 4.35. The van der Waals surface area contributed by atoms with E-state index in [1.54, 1.807) is 0 Å². The maximum Gasteiger partial charge on any atom is 0.330 e. The van der Waals surface area contributed by atoms with Gasteiger partial charge < -0.3 is 14.6 Å². The molecular weight excluding hydrogens is 328 g/mol. The second-order valence-corrected chi connectivity index (χ2v) is 6.09. The second kappa shape index (κ2) is 8.02. The summed E-state index contributed by atoms with van der Waals surface area (Å²) in [5.41, 5.74) is 1.22. The summed E-state index contributed by atoms with van der Waals surface area (Å²) in [6, 6.07) is 16.5. The molecule has 0 bridgehead atoms. The molecular formula is C22H22O4. The van der Waals surface area contributed by atoms with Crippen molar-refractivity contribution < 1.29 is 19.4 Å². The van der Waals surface area contributed by atoms with Gasteiger partial charge in [-0.25, -0.2) is 4.79 Å². The number of benzene rings is 3. The van der Waals surface area contributed by atoms with Crippen molar-refractivity contribution in [1.29, 1.82) is 0 Å². The van der Waals surface area contributed by atoms with Crippen LogP contribution in [-0.4, -0.2) is 30.4 Å². The molecule has 4 heteroatoms. The number of carbonyl (C=O) groups is 1. The van der Waals surface area contributed by atoms with E-state index in [1.165, 1.54) is 5.56 Å². The van der Waals surface area contributed by atoms with Crippen molar-refractivity contribution in [1.82, 2.24) is 0 Å². The molecule has 1 unspecified atom stereocenters. The van der Waals surface area contributed by atoms with E-state index < -0.39 is 12.1 Å². The molecule has 0 saturated heterocycles. The van der Waals surface area contributed by atoms with Gasteiger partial charge in [0.05, 0.1) is 6.61 Å². The zero-order valence-corrected chi connectivity index (χ0v) is 14.8. The van der Waals surface area contributed by atoms with Gasteiger partial charge in [-0.15, -0.1) is 0 Å². The Morgan fingerprint density at radius 3 is 2.65 bits per heavy atom. The summed E-state index contributed by atoms with van der Waals surface area (Å²) < 4.78 is 11.2. The number of ether oxygens (including phenoxy) is 2. The third-order valence-electron chi connectivity index (χ3n) is 4.35. The topological polar surface area (TPSA) is 55.8 Å². The lowest BCUT2D eigenvalue weighted by Gasteiger charge is -2.18. The van der Waals surface area contributed by atoms with Crippen LogP contribution in [-0.2, 0) is 16.0 Å². The summed E-state index contributed by atoms with van der Waals surface area (Å²) in [5, 5.41) is 13.6. The summed E-state index contributed by atoms with van der Waals surface area (Å²) in [4.78, 5) is 11.4. The molecule has 0 amide bonds. The summed E-state index contributed by atoms with van der Waals surface area (Å²) in [6.45, 7) is 5.23. The van der Waals surface area contributed by atoms with Gasteiger partial charge in [-0.2, -0.15) is 0 Å². The molecule has 0 aliphatic heterocycles. The van der Waals surface area contributed by atoms with E-state index in [-0.39, 0.29) is 13.2 Å². The highest BCUT2D eigenvalue weighted by atomic mass is 16.6. The molecule has 0 saturated carbocycles. The van der Waals surface area contributed by atoms with E-state index in [0.29, 0.717) is 0 Å². The molecule has 0 heterocycles. The van der Waals surface area contributed by atoms with E-state index in [2.05, 4.69) is 37.8 Å². The lowest BCUT2D eigenvalue weighted by molar-refractivity contribution is -0.146. The highest BCUT2D eigenvalue weighted by molar-refractivity contribution is 6.05. The summed E-state index contributed by atoms with van der Waals surface area (Å²) in [6.07, 6.45) is 1.26. The van der Waals surface area contributed by atoms with E-state index >= 15 is 0 Å². The van der Waals surface area contributed by atoms with E-state index in [1.807, 2.05) is 24.3 Å². The van der Waals surface area contributed by atoms with Gasteiger partial charge in [0.25, 0.3) is 0 Å². The molecule has 0 aliphatic carbocycles. The van der Waals surface area contributed by atoms with E-state index in [0.717, 1.165) is 39.8 Å². The molecule has 0 fully saturated rings. The van der Waals surface area contributed by atoms with Crippen LogP contribution in [0.4, 0.5) is 0 Å². The lowest BCUT2D eigenvalue weighted by Crippen LogP contribution is -2.27. The fraction of sp³-hybridized carbons (Fsp3) is 0.227. The first-order valence-electron chi connectivity index (χ1n) is 8.67. The van der Waals surface area contributed by atoms with Crippen LogP contribution in [0.2, 0.25) is 0 Å². The van der Waals surface area contributed by atoms with Crippen molar-refractivity contribution >= 4 is 27.5 Å². The average Bonchev–Trinajstić information content (AvgIpc) is 2.69. The third kappa shape index (κ3) is 3.70. The van der Waals surface area contributed by atoms with Crippen LogP contribution in [0, 0.1) is 0 Å². The number of aryl methyl sites for hydroxylation is 1. The Labute approximate surface area is 152 Å². The van der Waals surface area contributed by atoms with Gasteiger partial charge in [0.2, 0.25) is 0 Å². The van der Waals surface area contributed by atoms with Crippen LogP contribution < -0.4 is 4.74 Å². The van der Waals surface area contributed by atoms with Crippen LogP contribution in [0.5, 0.6) is 5.75 Å². The van der Waals surface area contributed by atoms with Crippen molar-refractivity contribution in [3.8, 4) is 5.75 Å². The van der Waals surface area contributed by atoms with Crippen molar-refractivity contribution in [2.45, 2.75) is 19.4 Å². The van der Waals surface area contributed by atoms with Gasteiger partial charge in [0, 0.05) is 16.8 Å². The number of aliphatic hydroxyl groups excluding tert-OH is 1. The van der Waals surface area contributed by atoms with Gasteiger partial charge in [-0.1, -0.05) is 49.9 Å².